The Morgan fingerprint density at radius 3 is 2.70 bits per heavy atom. The first-order chi connectivity index (χ1) is 13.1. The summed E-state index contributed by atoms with van der Waals surface area (Å²) in [5.74, 6) is 1.06. The van der Waals surface area contributed by atoms with Crippen molar-refractivity contribution in [1.82, 2.24) is 10.2 Å². The first-order valence-electron chi connectivity index (χ1n) is 9.82. The van der Waals surface area contributed by atoms with Crippen LogP contribution in [0.4, 0.5) is 0 Å². The van der Waals surface area contributed by atoms with E-state index in [9.17, 15) is 5.11 Å². The van der Waals surface area contributed by atoms with Gasteiger partial charge in [0.05, 0.1) is 13.1 Å². The van der Waals surface area contributed by atoms with Crippen molar-refractivity contribution in [3.05, 3.63) is 59.7 Å². The summed E-state index contributed by atoms with van der Waals surface area (Å²) in [5.41, 5.74) is 2.07. The van der Waals surface area contributed by atoms with Crippen molar-refractivity contribution in [3.8, 4) is 11.5 Å². The van der Waals surface area contributed by atoms with Crippen LogP contribution in [0.5, 0.6) is 11.5 Å². The molecule has 0 saturated carbocycles. The van der Waals surface area contributed by atoms with Gasteiger partial charge in [0.2, 0.25) is 6.73 Å². The molecule has 27 heavy (non-hydrogen) atoms. The molecule has 0 saturated heterocycles. The summed E-state index contributed by atoms with van der Waals surface area (Å²) in [6.45, 7) is 9.01. The molecule has 146 valence electrons. The molecule has 1 N–H and O–H groups in total. The van der Waals surface area contributed by atoms with E-state index in [1.165, 1.54) is 5.56 Å². The summed E-state index contributed by atoms with van der Waals surface area (Å²) in [6, 6.07) is 15.6. The first kappa shape index (κ1) is 19.7. The van der Waals surface area contributed by atoms with Gasteiger partial charge in [-0.1, -0.05) is 42.5 Å². The molecule has 1 aliphatic heterocycles. The fourth-order valence-electron chi connectivity index (χ4n) is 3.61. The van der Waals surface area contributed by atoms with Gasteiger partial charge in [-0.25, -0.2) is 0 Å². The monoisotopic (exact) mass is 369 g/mol. The maximum atomic E-state index is 12.3. The van der Waals surface area contributed by atoms with Gasteiger partial charge in [0.1, 0.15) is 12.3 Å². The van der Waals surface area contributed by atoms with Gasteiger partial charge in [0, 0.05) is 31.7 Å². The highest BCUT2D eigenvalue weighted by Crippen LogP contribution is 2.24. The van der Waals surface area contributed by atoms with E-state index >= 15 is 0 Å². The van der Waals surface area contributed by atoms with E-state index in [4.69, 9.17) is 4.74 Å². The number of likely N-dealkylation sites (N-methyl/N-ethyl adjacent to an activating group) is 2. The number of benzene rings is 2. The van der Waals surface area contributed by atoms with Crippen LogP contribution >= 0.6 is 0 Å². The molecule has 1 atom stereocenters. The molecule has 5 heteroatoms. The zero-order valence-corrected chi connectivity index (χ0v) is 16.5. The molecule has 1 aliphatic rings. The van der Waals surface area contributed by atoms with Crippen LogP contribution in [0, 0.1) is 0 Å². The van der Waals surface area contributed by atoms with Gasteiger partial charge in [-0.05, 0) is 25.6 Å². The van der Waals surface area contributed by atoms with Crippen LogP contribution in [0.15, 0.2) is 48.5 Å². The molecule has 2 aromatic carbocycles. The number of nitrogens with zero attached hydrogens (tertiary/aromatic N) is 2. The second-order valence-corrected chi connectivity index (χ2v) is 7.52. The van der Waals surface area contributed by atoms with Gasteiger partial charge in [0.15, 0.2) is 0 Å². The molecular weight excluding hydrogens is 338 g/mol. The highest BCUT2D eigenvalue weighted by Gasteiger charge is 2.27. The lowest BCUT2D eigenvalue weighted by Crippen LogP contribution is -2.53. The SMILES string of the molecule is CC[N+]1(Cc2ccccc2[O-])CCNCCN(C)Cc2ccccc2OC1. The summed E-state index contributed by atoms with van der Waals surface area (Å²) in [7, 11) is 2.14. The predicted molar refractivity (Wildman–Crippen MR) is 106 cm³/mol. The summed E-state index contributed by atoms with van der Waals surface area (Å²) in [5, 5.41) is 15.8. The molecule has 0 fully saturated rings. The minimum atomic E-state index is 0.115. The van der Waals surface area contributed by atoms with E-state index in [0.29, 0.717) is 13.3 Å². The standard InChI is InChI=1S/C22H31N3O2/c1-3-25(17-20-9-4-6-10-21(20)26)15-13-23-12-14-24(2)16-19-8-5-7-11-22(19)27-18-25/h4-11,23H,3,12-18H2,1-2H3. The molecule has 0 aliphatic carbocycles. The maximum absolute atomic E-state index is 12.3. The van der Waals surface area contributed by atoms with Crippen molar-refractivity contribution in [2.24, 2.45) is 0 Å². The third-order valence-electron chi connectivity index (χ3n) is 5.49. The van der Waals surface area contributed by atoms with Crippen LogP contribution in [0.1, 0.15) is 18.1 Å². The van der Waals surface area contributed by atoms with Crippen molar-refractivity contribution >= 4 is 0 Å². The number of quaternary nitrogens is 1. The minimum Gasteiger partial charge on any atom is -0.872 e. The van der Waals surface area contributed by atoms with E-state index in [0.717, 1.165) is 55.1 Å². The second kappa shape index (κ2) is 9.22. The van der Waals surface area contributed by atoms with Crippen molar-refractivity contribution in [3.63, 3.8) is 0 Å². The number of fused-ring (bicyclic) bond motifs is 1. The summed E-state index contributed by atoms with van der Waals surface area (Å²) in [4.78, 5) is 2.31. The van der Waals surface area contributed by atoms with Crippen LogP contribution in [0.2, 0.25) is 0 Å². The summed E-state index contributed by atoms with van der Waals surface area (Å²) < 4.78 is 7.08. The Bertz CT molecular complexity index is 737. The smallest absolute Gasteiger partial charge is 0.224 e. The molecule has 0 spiro atoms. The quantitative estimate of drug-likeness (QED) is 0.843. The van der Waals surface area contributed by atoms with E-state index in [2.05, 4.69) is 42.4 Å². The molecule has 0 aromatic heterocycles. The fraction of sp³-hybridized carbons (Fsp3) is 0.455. The molecule has 5 nitrogen and oxygen atoms in total. The zero-order chi connectivity index (χ0) is 19.1. The molecule has 0 radical (unpaired) electrons. The summed E-state index contributed by atoms with van der Waals surface area (Å²) >= 11 is 0. The molecular formula is C22H31N3O2. The Morgan fingerprint density at radius 2 is 1.89 bits per heavy atom. The lowest BCUT2D eigenvalue weighted by atomic mass is 10.1. The van der Waals surface area contributed by atoms with Crippen LogP contribution in [0.3, 0.4) is 0 Å². The van der Waals surface area contributed by atoms with Crippen LogP contribution in [0.25, 0.3) is 0 Å². The van der Waals surface area contributed by atoms with Crippen LogP contribution < -0.4 is 15.2 Å². The number of hydrogen-bond donors (Lipinski definition) is 1. The first-order valence-corrected chi connectivity index (χ1v) is 9.82. The summed E-state index contributed by atoms with van der Waals surface area (Å²) in [6.07, 6.45) is 0. The lowest BCUT2D eigenvalue weighted by molar-refractivity contribution is -0.952. The van der Waals surface area contributed by atoms with E-state index in [1.807, 2.05) is 24.3 Å². The third kappa shape index (κ3) is 5.22. The average molecular weight is 370 g/mol. The van der Waals surface area contributed by atoms with Gasteiger partial charge in [0.25, 0.3) is 0 Å². The van der Waals surface area contributed by atoms with Crippen molar-refractivity contribution in [1.29, 1.82) is 0 Å². The topological polar surface area (TPSA) is 47.6 Å². The molecule has 1 unspecified atom stereocenters. The van der Waals surface area contributed by atoms with Crippen LogP contribution in [-0.4, -0.2) is 55.9 Å². The Labute approximate surface area is 162 Å². The minimum absolute atomic E-state index is 0.115. The van der Waals surface area contributed by atoms with E-state index in [-0.39, 0.29) is 5.75 Å². The fourth-order valence-corrected chi connectivity index (χ4v) is 3.61. The average Bonchev–Trinajstić information content (AvgIpc) is 2.67. The number of hydrogen-bond acceptors (Lipinski definition) is 4. The van der Waals surface area contributed by atoms with Crippen molar-refractivity contribution in [2.75, 3.05) is 46.5 Å². The van der Waals surface area contributed by atoms with Gasteiger partial charge in [-0.15, -0.1) is 5.75 Å². The number of para-hydroxylation sites is 2. The van der Waals surface area contributed by atoms with Crippen LogP contribution in [-0.2, 0) is 13.1 Å². The van der Waals surface area contributed by atoms with Gasteiger partial charge in [-0.2, -0.15) is 0 Å². The lowest BCUT2D eigenvalue weighted by Gasteiger charge is -2.38. The Balaban J connectivity index is 1.86. The molecule has 2 aromatic rings. The number of ether oxygens (including phenoxy) is 1. The molecule has 1 heterocycles. The third-order valence-corrected chi connectivity index (χ3v) is 5.49. The second-order valence-electron chi connectivity index (χ2n) is 7.52. The van der Waals surface area contributed by atoms with E-state index < -0.39 is 0 Å². The van der Waals surface area contributed by atoms with Gasteiger partial charge in [-0.3, -0.25) is 4.48 Å². The highest BCUT2D eigenvalue weighted by atomic mass is 16.5. The van der Waals surface area contributed by atoms with E-state index in [1.54, 1.807) is 6.07 Å². The Kier molecular flexibility index (Phi) is 6.72. The molecule has 3 rings (SSSR count). The zero-order valence-electron chi connectivity index (χ0n) is 16.5. The van der Waals surface area contributed by atoms with Gasteiger partial charge >= 0.3 is 0 Å². The molecule has 0 amide bonds. The molecule has 0 bridgehead atoms. The largest absolute Gasteiger partial charge is 0.872 e. The number of rotatable bonds is 3. The normalized spacial score (nSPS) is 22.1. The Hall–Kier alpha value is -2.08. The maximum Gasteiger partial charge on any atom is 0.224 e. The number of nitrogens with one attached hydrogen (secondary N) is 1. The predicted octanol–water partition coefficient (Wildman–Crippen LogP) is 2.17. The highest BCUT2D eigenvalue weighted by molar-refractivity contribution is 5.33. The van der Waals surface area contributed by atoms with Gasteiger partial charge < -0.3 is 20.1 Å². The van der Waals surface area contributed by atoms with Crippen molar-refractivity contribution in [2.45, 2.75) is 20.0 Å². The Morgan fingerprint density at radius 1 is 1.11 bits per heavy atom. The van der Waals surface area contributed by atoms with Crippen molar-refractivity contribution < 1.29 is 14.3 Å².